The summed E-state index contributed by atoms with van der Waals surface area (Å²) in [5.74, 6) is 0.574. The van der Waals surface area contributed by atoms with E-state index in [-0.39, 0.29) is 12.0 Å². The maximum absolute atomic E-state index is 9.75. The van der Waals surface area contributed by atoms with Crippen LogP contribution in [0.1, 0.15) is 12.0 Å². The van der Waals surface area contributed by atoms with E-state index in [2.05, 4.69) is 17.0 Å². The Morgan fingerprint density at radius 2 is 2.19 bits per heavy atom. The van der Waals surface area contributed by atoms with Gasteiger partial charge in [0, 0.05) is 31.7 Å². The molecule has 116 valence electrons. The summed E-state index contributed by atoms with van der Waals surface area (Å²) in [7, 11) is 0. The van der Waals surface area contributed by atoms with Gasteiger partial charge in [0.2, 0.25) is 0 Å². The number of ether oxygens (including phenoxy) is 2. The topological polar surface area (TPSA) is 41.9 Å². The van der Waals surface area contributed by atoms with E-state index in [4.69, 9.17) is 9.47 Å². The second kappa shape index (κ2) is 6.88. The van der Waals surface area contributed by atoms with E-state index < -0.39 is 0 Å². The maximum atomic E-state index is 9.75. The lowest BCUT2D eigenvalue weighted by atomic mass is 9.76. The number of hydrogen-bond acceptors (Lipinski definition) is 4. The normalized spacial score (nSPS) is 29.5. The molecule has 1 aromatic carbocycles. The van der Waals surface area contributed by atoms with E-state index in [1.54, 1.807) is 0 Å². The molecule has 0 aliphatic carbocycles. The average molecular weight is 291 g/mol. The zero-order chi connectivity index (χ0) is 14.5. The van der Waals surface area contributed by atoms with Crippen molar-refractivity contribution in [3.63, 3.8) is 0 Å². The average Bonchev–Trinajstić information content (AvgIpc) is 2.91. The Balaban J connectivity index is 1.42. The van der Waals surface area contributed by atoms with Gasteiger partial charge in [-0.3, -0.25) is 0 Å². The number of nitrogens with zero attached hydrogens (tertiary/aromatic N) is 1. The predicted octanol–water partition coefficient (Wildman–Crippen LogP) is 1.53. The van der Waals surface area contributed by atoms with Crippen molar-refractivity contribution in [2.75, 3.05) is 46.1 Å². The van der Waals surface area contributed by atoms with Gasteiger partial charge < -0.3 is 19.5 Å². The second-order valence-electron chi connectivity index (χ2n) is 6.33. The molecule has 0 saturated carbocycles. The van der Waals surface area contributed by atoms with Crippen molar-refractivity contribution in [1.29, 1.82) is 0 Å². The van der Waals surface area contributed by atoms with Gasteiger partial charge in [-0.1, -0.05) is 30.3 Å². The molecule has 2 atom stereocenters. The highest BCUT2D eigenvalue weighted by molar-refractivity contribution is 5.13. The van der Waals surface area contributed by atoms with Gasteiger partial charge in [-0.2, -0.15) is 0 Å². The van der Waals surface area contributed by atoms with E-state index in [0.717, 1.165) is 39.3 Å². The van der Waals surface area contributed by atoms with Gasteiger partial charge in [0.25, 0.3) is 0 Å². The molecule has 0 radical (unpaired) electrons. The smallest absolute Gasteiger partial charge is 0.0717 e. The fourth-order valence-electron chi connectivity index (χ4n) is 3.56. The van der Waals surface area contributed by atoms with E-state index in [0.29, 0.717) is 19.1 Å². The summed E-state index contributed by atoms with van der Waals surface area (Å²) in [6.07, 6.45) is 1.07. The quantitative estimate of drug-likeness (QED) is 0.807. The molecule has 21 heavy (non-hydrogen) atoms. The zero-order valence-electron chi connectivity index (χ0n) is 12.5. The Bertz CT molecular complexity index is 439. The van der Waals surface area contributed by atoms with Crippen LogP contribution in [0.15, 0.2) is 30.3 Å². The van der Waals surface area contributed by atoms with Crippen LogP contribution >= 0.6 is 0 Å². The van der Waals surface area contributed by atoms with Gasteiger partial charge in [0.05, 0.1) is 26.4 Å². The van der Waals surface area contributed by atoms with E-state index in [1.165, 1.54) is 5.56 Å². The number of aliphatic hydroxyl groups is 1. The summed E-state index contributed by atoms with van der Waals surface area (Å²) in [4.78, 5) is 2.42. The zero-order valence-corrected chi connectivity index (χ0v) is 12.5. The first kappa shape index (κ1) is 15.0. The van der Waals surface area contributed by atoms with E-state index in [9.17, 15) is 5.11 Å². The maximum Gasteiger partial charge on any atom is 0.0717 e. The first-order chi connectivity index (χ1) is 10.3. The van der Waals surface area contributed by atoms with Crippen LogP contribution in [0.4, 0.5) is 0 Å². The highest BCUT2D eigenvalue weighted by atomic mass is 16.5. The van der Waals surface area contributed by atoms with Crippen molar-refractivity contribution >= 4 is 0 Å². The van der Waals surface area contributed by atoms with Crippen LogP contribution in [0.3, 0.4) is 0 Å². The third-order valence-electron chi connectivity index (χ3n) is 4.86. The van der Waals surface area contributed by atoms with Gasteiger partial charge in [-0.25, -0.2) is 0 Å². The fourth-order valence-corrected chi connectivity index (χ4v) is 3.56. The third-order valence-corrected chi connectivity index (χ3v) is 4.86. The lowest BCUT2D eigenvalue weighted by Gasteiger charge is -2.36. The molecule has 0 bridgehead atoms. The van der Waals surface area contributed by atoms with Gasteiger partial charge in [-0.05, 0) is 17.9 Å². The molecular formula is C17H25NO3. The molecule has 2 fully saturated rings. The minimum Gasteiger partial charge on any atom is -0.396 e. The van der Waals surface area contributed by atoms with Gasteiger partial charge in [0.1, 0.15) is 0 Å². The molecule has 2 aliphatic rings. The molecule has 4 heteroatoms. The number of likely N-dealkylation sites (tertiary alicyclic amines) is 1. The van der Waals surface area contributed by atoms with Crippen molar-refractivity contribution in [3.05, 3.63) is 35.9 Å². The molecule has 2 heterocycles. The fraction of sp³-hybridized carbons (Fsp3) is 0.647. The summed E-state index contributed by atoms with van der Waals surface area (Å²) in [5, 5.41) is 9.75. The van der Waals surface area contributed by atoms with Gasteiger partial charge in [-0.15, -0.1) is 0 Å². The lowest BCUT2D eigenvalue weighted by Crippen LogP contribution is -2.43. The third kappa shape index (κ3) is 3.46. The van der Waals surface area contributed by atoms with Gasteiger partial charge in [0.15, 0.2) is 0 Å². The summed E-state index contributed by atoms with van der Waals surface area (Å²) in [6, 6.07) is 10.3. The highest BCUT2D eigenvalue weighted by Crippen LogP contribution is 2.40. The SMILES string of the molecule is OC[C@]12COCC[C@H]1CN(CCOCc1ccccc1)C2. The number of hydrogen-bond donors (Lipinski definition) is 1. The van der Waals surface area contributed by atoms with Gasteiger partial charge >= 0.3 is 0 Å². The Hall–Kier alpha value is -0.940. The monoisotopic (exact) mass is 291 g/mol. The number of fused-ring (bicyclic) bond motifs is 1. The summed E-state index contributed by atoms with van der Waals surface area (Å²) in [6.45, 7) is 6.13. The molecule has 0 amide bonds. The van der Waals surface area contributed by atoms with Crippen LogP contribution in [0.5, 0.6) is 0 Å². The first-order valence-corrected chi connectivity index (χ1v) is 7.85. The molecule has 1 aromatic rings. The Labute approximate surface area is 126 Å². The first-order valence-electron chi connectivity index (χ1n) is 7.85. The number of aliphatic hydroxyl groups excluding tert-OH is 1. The molecule has 2 saturated heterocycles. The standard InChI is InChI=1S/C17H25NO3/c19-13-17-12-18(10-16(17)6-8-21-14-17)7-9-20-11-15-4-2-1-3-5-15/h1-5,16,19H,6-14H2/t16-,17+/m0/s1. The second-order valence-corrected chi connectivity index (χ2v) is 6.33. The van der Waals surface area contributed by atoms with Crippen molar-refractivity contribution in [2.45, 2.75) is 13.0 Å². The minimum absolute atomic E-state index is 0.0301. The largest absolute Gasteiger partial charge is 0.396 e. The number of benzene rings is 1. The molecule has 0 unspecified atom stereocenters. The van der Waals surface area contributed by atoms with Crippen LogP contribution < -0.4 is 0 Å². The summed E-state index contributed by atoms with van der Waals surface area (Å²) < 4.78 is 11.4. The Kier molecular flexibility index (Phi) is 4.91. The molecule has 0 aromatic heterocycles. The van der Waals surface area contributed by atoms with E-state index >= 15 is 0 Å². The molecule has 0 spiro atoms. The molecule has 3 rings (SSSR count). The summed E-state index contributed by atoms with van der Waals surface area (Å²) >= 11 is 0. The molecule has 2 aliphatic heterocycles. The van der Waals surface area contributed by atoms with Crippen LogP contribution in [-0.4, -0.2) is 56.1 Å². The summed E-state index contributed by atoms with van der Waals surface area (Å²) in [5.41, 5.74) is 1.19. The van der Waals surface area contributed by atoms with Crippen molar-refractivity contribution in [3.8, 4) is 0 Å². The van der Waals surface area contributed by atoms with E-state index in [1.807, 2.05) is 18.2 Å². The number of rotatable bonds is 6. The van der Waals surface area contributed by atoms with Crippen LogP contribution in [0, 0.1) is 11.3 Å². The molecule has 1 N–H and O–H groups in total. The predicted molar refractivity (Wildman–Crippen MR) is 81.0 cm³/mol. The Morgan fingerprint density at radius 1 is 1.33 bits per heavy atom. The van der Waals surface area contributed by atoms with Crippen molar-refractivity contribution < 1.29 is 14.6 Å². The van der Waals surface area contributed by atoms with Crippen LogP contribution in [-0.2, 0) is 16.1 Å². The highest BCUT2D eigenvalue weighted by Gasteiger charge is 2.47. The van der Waals surface area contributed by atoms with Crippen molar-refractivity contribution in [2.24, 2.45) is 11.3 Å². The molecule has 4 nitrogen and oxygen atoms in total. The molecular weight excluding hydrogens is 266 g/mol. The lowest BCUT2D eigenvalue weighted by molar-refractivity contribution is -0.0562. The van der Waals surface area contributed by atoms with Crippen LogP contribution in [0.2, 0.25) is 0 Å². The minimum atomic E-state index is -0.0301. The van der Waals surface area contributed by atoms with Crippen LogP contribution in [0.25, 0.3) is 0 Å². The van der Waals surface area contributed by atoms with Crippen molar-refractivity contribution in [1.82, 2.24) is 4.90 Å². The Morgan fingerprint density at radius 3 is 2.95 bits per heavy atom.